The first-order valence-corrected chi connectivity index (χ1v) is 9.22. The highest BCUT2D eigenvalue weighted by atomic mass is 35.5. The van der Waals surface area contributed by atoms with Crippen LogP contribution in [0.4, 0.5) is 4.39 Å². The minimum Gasteiger partial charge on any atom is -0.296 e. The summed E-state index contributed by atoms with van der Waals surface area (Å²) >= 11 is 0. The summed E-state index contributed by atoms with van der Waals surface area (Å²) in [7, 11) is 0. The first-order chi connectivity index (χ1) is 12.7. The van der Waals surface area contributed by atoms with Gasteiger partial charge in [-0.05, 0) is 36.8 Å². The van der Waals surface area contributed by atoms with E-state index < -0.39 is 0 Å². The zero-order valence-corrected chi connectivity index (χ0v) is 16.3. The number of halogens is 2. The maximum atomic E-state index is 13.9. The van der Waals surface area contributed by atoms with E-state index in [-0.39, 0.29) is 18.2 Å². The average Bonchev–Trinajstić information content (AvgIpc) is 2.66. The Morgan fingerprint density at radius 2 is 1.89 bits per heavy atom. The SMILES string of the molecule is C[C@@H]1CN(Cc2ccccc2F)CCN1Cc1ccc2ncccc2c1.Cl. The van der Waals surface area contributed by atoms with Crippen LogP contribution in [-0.4, -0.2) is 40.5 Å². The zero-order chi connectivity index (χ0) is 17.9. The second kappa shape index (κ2) is 8.79. The molecular weight excluding hydrogens is 361 g/mol. The minimum atomic E-state index is -0.104. The largest absolute Gasteiger partial charge is 0.296 e. The number of rotatable bonds is 4. The summed E-state index contributed by atoms with van der Waals surface area (Å²) in [5.74, 6) is -0.104. The lowest BCUT2D eigenvalue weighted by Gasteiger charge is -2.40. The molecule has 0 aliphatic carbocycles. The highest BCUT2D eigenvalue weighted by molar-refractivity contribution is 5.85. The molecule has 0 radical (unpaired) electrons. The molecule has 0 spiro atoms. The van der Waals surface area contributed by atoms with Crippen LogP contribution in [-0.2, 0) is 13.1 Å². The van der Waals surface area contributed by atoms with E-state index in [4.69, 9.17) is 0 Å². The molecule has 0 amide bonds. The van der Waals surface area contributed by atoms with Gasteiger partial charge in [-0.15, -0.1) is 12.4 Å². The van der Waals surface area contributed by atoms with Gasteiger partial charge in [0.05, 0.1) is 5.52 Å². The van der Waals surface area contributed by atoms with Gasteiger partial charge >= 0.3 is 0 Å². The number of nitrogens with zero attached hydrogens (tertiary/aromatic N) is 3. The second-order valence-corrected chi connectivity index (χ2v) is 7.18. The summed E-state index contributed by atoms with van der Waals surface area (Å²) in [6.07, 6.45) is 1.83. The molecule has 2 aromatic carbocycles. The van der Waals surface area contributed by atoms with Crippen LogP contribution in [0, 0.1) is 5.82 Å². The summed E-state index contributed by atoms with van der Waals surface area (Å²) in [6, 6.07) is 18.1. The van der Waals surface area contributed by atoms with E-state index >= 15 is 0 Å². The standard InChI is InChI=1S/C22H24FN3.ClH/c1-17-14-25(16-20-5-2-3-7-21(20)23)11-12-26(17)15-18-8-9-22-19(13-18)6-4-10-24-22;/h2-10,13,17H,11-12,14-16H2,1H3;1H/t17-;/m1./s1. The van der Waals surface area contributed by atoms with Crippen molar-refractivity contribution < 1.29 is 4.39 Å². The molecule has 3 nitrogen and oxygen atoms in total. The van der Waals surface area contributed by atoms with E-state index in [1.165, 1.54) is 10.9 Å². The molecule has 0 bridgehead atoms. The molecule has 27 heavy (non-hydrogen) atoms. The normalized spacial score (nSPS) is 18.4. The van der Waals surface area contributed by atoms with Gasteiger partial charge < -0.3 is 0 Å². The monoisotopic (exact) mass is 385 g/mol. The van der Waals surface area contributed by atoms with Crippen molar-refractivity contribution in [1.82, 2.24) is 14.8 Å². The molecule has 142 valence electrons. The fourth-order valence-corrected chi connectivity index (χ4v) is 3.77. The maximum absolute atomic E-state index is 13.9. The topological polar surface area (TPSA) is 19.4 Å². The Balaban J connectivity index is 0.00000210. The lowest BCUT2D eigenvalue weighted by molar-refractivity contribution is 0.0727. The van der Waals surface area contributed by atoms with Crippen LogP contribution in [0.15, 0.2) is 60.8 Å². The molecule has 4 rings (SSSR count). The Morgan fingerprint density at radius 3 is 2.70 bits per heavy atom. The van der Waals surface area contributed by atoms with Crippen molar-refractivity contribution >= 4 is 23.3 Å². The van der Waals surface area contributed by atoms with Crippen LogP contribution in [0.1, 0.15) is 18.1 Å². The highest BCUT2D eigenvalue weighted by Gasteiger charge is 2.24. The number of benzene rings is 2. The molecule has 1 aliphatic heterocycles. The summed E-state index contributed by atoms with van der Waals surface area (Å²) in [6.45, 7) is 6.82. The van der Waals surface area contributed by atoms with E-state index in [2.05, 4.69) is 46.0 Å². The Hall–Kier alpha value is -2.01. The third-order valence-electron chi connectivity index (χ3n) is 5.25. The lowest BCUT2D eigenvalue weighted by atomic mass is 10.1. The van der Waals surface area contributed by atoms with E-state index in [9.17, 15) is 4.39 Å². The summed E-state index contributed by atoms with van der Waals surface area (Å²) in [4.78, 5) is 9.25. The number of hydrogen-bond donors (Lipinski definition) is 0. The molecular formula is C22H25ClFN3. The highest BCUT2D eigenvalue weighted by Crippen LogP contribution is 2.19. The van der Waals surface area contributed by atoms with Crippen molar-refractivity contribution in [3.63, 3.8) is 0 Å². The van der Waals surface area contributed by atoms with Gasteiger partial charge in [0.1, 0.15) is 5.82 Å². The molecule has 1 aromatic heterocycles. The third kappa shape index (κ3) is 4.64. The zero-order valence-electron chi connectivity index (χ0n) is 15.5. The molecule has 1 atom stereocenters. The van der Waals surface area contributed by atoms with E-state index in [0.717, 1.165) is 37.3 Å². The lowest BCUT2D eigenvalue weighted by Crippen LogP contribution is -2.50. The first kappa shape index (κ1) is 19.7. The summed E-state index contributed by atoms with van der Waals surface area (Å²) in [5, 5.41) is 1.19. The maximum Gasteiger partial charge on any atom is 0.127 e. The van der Waals surface area contributed by atoms with Crippen molar-refractivity contribution in [1.29, 1.82) is 0 Å². The predicted molar refractivity (Wildman–Crippen MR) is 111 cm³/mol. The van der Waals surface area contributed by atoms with E-state index in [1.54, 1.807) is 12.1 Å². The van der Waals surface area contributed by atoms with Crippen molar-refractivity contribution in [2.24, 2.45) is 0 Å². The molecule has 2 heterocycles. The number of aromatic nitrogens is 1. The van der Waals surface area contributed by atoms with Crippen molar-refractivity contribution in [2.45, 2.75) is 26.1 Å². The van der Waals surface area contributed by atoms with E-state index in [1.807, 2.05) is 24.4 Å². The quantitative estimate of drug-likeness (QED) is 0.659. The predicted octanol–water partition coefficient (Wildman–Crippen LogP) is 4.50. The van der Waals surface area contributed by atoms with Gasteiger partial charge in [-0.1, -0.05) is 30.3 Å². The van der Waals surface area contributed by atoms with Crippen molar-refractivity contribution in [2.75, 3.05) is 19.6 Å². The van der Waals surface area contributed by atoms with Crippen LogP contribution >= 0.6 is 12.4 Å². The van der Waals surface area contributed by atoms with Gasteiger partial charge in [-0.25, -0.2) is 4.39 Å². The Morgan fingerprint density at radius 1 is 1.04 bits per heavy atom. The fraction of sp³-hybridized carbons (Fsp3) is 0.318. The molecule has 1 saturated heterocycles. The number of fused-ring (bicyclic) bond motifs is 1. The Kier molecular flexibility index (Phi) is 6.42. The van der Waals surface area contributed by atoms with Crippen LogP contribution in [0.3, 0.4) is 0 Å². The third-order valence-corrected chi connectivity index (χ3v) is 5.25. The van der Waals surface area contributed by atoms with Crippen LogP contribution in [0.2, 0.25) is 0 Å². The van der Waals surface area contributed by atoms with Gasteiger partial charge in [0, 0.05) is 55.9 Å². The van der Waals surface area contributed by atoms with Crippen LogP contribution in [0.5, 0.6) is 0 Å². The minimum absolute atomic E-state index is 0. The van der Waals surface area contributed by atoms with Crippen molar-refractivity contribution in [3.05, 3.63) is 77.7 Å². The Labute approximate surface area is 166 Å². The molecule has 1 fully saturated rings. The van der Waals surface area contributed by atoms with E-state index in [0.29, 0.717) is 12.6 Å². The molecule has 0 saturated carbocycles. The smallest absolute Gasteiger partial charge is 0.127 e. The molecule has 1 aliphatic rings. The first-order valence-electron chi connectivity index (χ1n) is 9.22. The number of pyridine rings is 1. The Bertz CT molecular complexity index is 901. The average molecular weight is 386 g/mol. The van der Waals surface area contributed by atoms with Crippen LogP contribution < -0.4 is 0 Å². The van der Waals surface area contributed by atoms with Crippen molar-refractivity contribution in [3.8, 4) is 0 Å². The fourth-order valence-electron chi connectivity index (χ4n) is 3.77. The number of piperazine rings is 1. The van der Waals surface area contributed by atoms with Gasteiger partial charge in [0.15, 0.2) is 0 Å². The van der Waals surface area contributed by atoms with Gasteiger partial charge in [0.2, 0.25) is 0 Å². The van der Waals surface area contributed by atoms with Gasteiger partial charge in [-0.3, -0.25) is 14.8 Å². The molecule has 5 heteroatoms. The summed E-state index contributed by atoms with van der Waals surface area (Å²) in [5.41, 5.74) is 3.15. The molecule has 0 unspecified atom stereocenters. The number of hydrogen-bond acceptors (Lipinski definition) is 3. The van der Waals surface area contributed by atoms with Gasteiger partial charge in [-0.2, -0.15) is 0 Å². The molecule has 0 N–H and O–H groups in total. The second-order valence-electron chi connectivity index (χ2n) is 7.18. The van der Waals surface area contributed by atoms with Crippen LogP contribution in [0.25, 0.3) is 10.9 Å². The molecule has 3 aromatic rings. The van der Waals surface area contributed by atoms with Gasteiger partial charge in [0.25, 0.3) is 0 Å². The summed E-state index contributed by atoms with van der Waals surface area (Å²) < 4.78 is 13.9.